The van der Waals surface area contributed by atoms with E-state index in [1.807, 2.05) is 48.5 Å². The lowest BCUT2D eigenvalue weighted by atomic mass is 10.0. The Morgan fingerprint density at radius 3 is 1.52 bits per heavy atom. The summed E-state index contributed by atoms with van der Waals surface area (Å²) in [7, 11) is -0.568. The molecule has 0 saturated carbocycles. The van der Waals surface area contributed by atoms with Crippen molar-refractivity contribution in [3.63, 3.8) is 0 Å². The fraction of sp³-hybridized carbons (Fsp3) is 0.385. The minimum Gasteiger partial charge on any atom is -0.495 e. The van der Waals surface area contributed by atoms with Crippen molar-refractivity contribution in [3.8, 4) is 0 Å². The highest BCUT2D eigenvalue weighted by Crippen LogP contribution is 2.50. The summed E-state index contributed by atoms with van der Waals surface area (Å²) in [6.07, 6.45) is 0. The van der Waals surface area contributed by atoms with Crippen LogP contribution >= 0.6 is 0 Å². The summed E-state index contributed by atoms with van der Waals surface area (Å²) in [5, 5.41) is 0.837. The Labute approximate surface area is 177 Å². The molecular formula is C26H34O2Si. The molecule has 0 fully saturated rings. The number of hydrogen-bond acceptors (Lipinski definition) is 2. The van der Waals surface area contributed by atoms with E-state index in [-0.39, 0.29) is 0 Å². The fourth-order valence-corrected chi connectivity index (χ4v) is 11.8. The number of allylic oxidation sites excluding steroid dienone is 2. The van der Waals surface area contributed by atoms with Crippen LogP contribution in [0.15, 0.2) is 65.9 Å². The average molecular weight is 407 g/mol. The van der Waals surface area contributed by atoms with Crippen LogP contribution in [-0.2, 0) is 9.53 Å². The largest absolute Gasteiger partial charge is 0.495 e. The molecular weight excluding hydrogens is 372 g/mol. The first-order valence-corrected chi connectivity index (χ1v) is 12.7. The molecule has 0 saturated heterocycles. The van der Waals surface area contributed by atoms with E-state index in [9.17, 15) is 4.79 Å². The van der Waals surface area contributed by atoms with E-state index in [0.717, 1.165) is 27.7 Å². The highest BCUT2D eigenvalue weighted by molar-refractivity contribution is 6.93. The molecule has 0 unspecified atom stereocenters. The zero-order chi connectivity index (χ0) is 21.6. The molecule has 2 aromatic carbocycles. The van der Waals surface area contributed by atoms with Gasteiger partial charge in [0, 0.05) is 16.3 Å². The first-order chi connectivity index (χ1) is 13.8. The second-order valence-corrected chi connectivity index (χ2v) is 14.3. The van der Waals surface area contributed by atoms with Gasteiger partial charge in [-0.25, -0.2) is 4.79 Å². The first-order valence-electron chi connectivity index (χ1n) is 10.5. The summed E-state index contributed by atoms with van der Waals surface area (Å²) in [6.45, 7) is 13.6. The van der Waals surface area contributed by atoms with Crippen molar-refractivity contribution in [1.29, 1.82) is 0 Å². The Morgan fingerprint density at radius 1 is 0.759 bits per heavy atom. The second-order valence-electron chi connectivity index (χ2n) is 8.51. The molecule has 0 heterocycles. The standard InChI is InChI=1S/C26H34O2Si/c1-19(2)29(20(3)4,21(5)6)24(18-27)25(22-14-10-8-11-15-22)26(28-7)23-16-12-9-13-17-23/h8-17,19-21H,1-7H3/b26-25+. The predicted molar refractivity (Wildman–Crippen MR) is 127 cm³/mol. The predicted octanol–water partition coefficient (Wildman–Crippen LogP) is 7.18. The lowest BCUT2D eigenvalue weighted by Gasteiger charge is -2.44. The number of benzene rings is 2. The smallest absolute Gasteiger partial charge is 0.134 e. The van der Waals surface area contributed by atoms with Crippen molar-refractivity contribution in [3.05, 3.63) is 77.0 Å². The highest BCUT2D eigenvalue weighted by Gasteiger charge is 2.49. The van der Waals surface area contributed by atoms with Gasteiger partial charge in [-0.05, 0) is 22.2 Å². The molecule has 0 aromatic heterocycles. The van der Waals surface area contributed by atoms with Crippen LogP contribution in [0.25, 0.3) is 11.3 Å². The molecule has 2 aromatic rings. The monoisotopic (exact) mass is 406 g/mol. The van der Waals surface area contributed by atoms with E-state index >= 15 is 0 Å². The van der Waals surface area contributed by atoms with Crippen LogP contribution in [0.4, 0.5) is 0 Å². The summed E-state index contributed by atoms with van der Waals surface area (Å²) in [4.78, 5) is 12.7. The SMILES string of the molecule is CO/C(=C(/C(=C=O)[Si](C(C)C)(C(C)C)C(C)C)c1ccccc1)c1ccccc1. The van der Waals surface area contributed by atoms with Crippen molar-refractivity contribution in [2.45, 2.75) is 58.2 Å². The maximum atomic E-state index is 12.7. The van der Waals surface area contributed by atoms with Gasteiger partial charge in [0.25, 0.3) is 0 Å². The van der Waals surface area contributed by atoms with Crippen LogP contribution in [0.5, 0.6) is 0 Å². The molecule has 154 valence electrons. The van der Waals surface area contributed by atoms with E-state index in [2.05, 4.69) is 59.6 Å². The van der Waals surface area contributed by atoms with Crippen LogP contribution in [-0.4, -0.2) is 21.1 Å². The molecule has 0 aliphatic heterocycles. The summed E-state index contributed by atoms with van der Waals surface area (Å²) in [5.74, 6) is 3.21. The minimum absolute atomic E-state index is 0.395. The van der Waals surface area contributed by atoms with Crippen LogP contribution in [0.1, 0.15) is 52.7 Å². The number of ether oxygens (including phenoxy) is 1. The van der Waals surface area contributed by atoms with Gasteiger partial charge in [-0.2, -0.15) is 0 Å². The molecule has 29 heavy (non-hydrogen) atoms. The van der Waals surface area contributed by atoms with Crippen molar-refractivity contribution in [2.75, 3.05) is 7.11 Å². The third-order valence-corrected chi connectivity index (χ3v) is 13.1. The van der Waals surface area contributed by atoms with Crippen molar-refractivity contribution < 1.29 is 9.53 Å². The highest BCUT2D eigenvalue weighted by atomic mass is 28.3. The molecule has 2 nitrogen and oxygen atoms in total. The van der Waals surface area contributed by atoms with Crippen LogP contribution < -0.4 is 0 Å². The third kappa shape index (κ3) is 4.32. The molecule has 0 N–H and O–H groups in total. The maximum Gasteiger partial charge on any atom is 0.134 e. The molecule has 2 rings (SSSR count). The van der Waals surface area contributed by atoms with Gasteiger partial charge in [-0.1, -0.05) is 102 Å². The molecule has 0 amide bonds. The number of carbonyl (C=O) groups excluding carboxylic acids is 1. The topological polar surface area (TPSA) is 26.3 Å². The van der Waals surface area contributed by atoms with E-state index in [0.29, 0.717) is 16.6 Å². The van der Waals surface area contributed by atoms with Crippen LogP contribution in [0.2, 0.25) is 16.6 Å². The summed E-state index contributed by atoms with van der Waals surface area (Å²) >= 11 is 0. The Balaban J connectivity index is 2.98. The first kappa shape index (κ1) is 22.9. The summed E-state index contributed by atoms with van der Waals surface area (Å²) < 4.78 is 5.97. The summed E-state index contributed by atoms with van der Waals surface area (Å²) in [5.41, 5.74) is 4.06. The molecule has 3 heteroatoms. The second kappa shape index (κ2) is 9.91. The van der Waals surface area contributed by atoms with E-state index in [1.165, 1.54) is 0 Å². The van der Waals surface area contributed by atoms with Crippen LogP contribution in [0.3, 0.4) is 0 Å². The fourth-order valence-electron chi connectivity index (χ4n) is 5.17. The molecule has 0 spiro atoms. The minimum atomic E-state index is -2.26. The Kier molecular flexibility index (Phi) is 7.84. The van der Waals surface area contributed by atoms with E-state index < -0.39 is 8.07 Å². The van der Waals surface area contributed by atoms with Gasteiger partial charge in [0.2, 0.25) is 0 Å². The molecule has 0 aliphatic rings. The molecule has 0 aliphatic carbocycles. The van der Waals surface area contributed by atoms with Gasteiger partial charge in [0.05, 0.1) is 7.11 Å². The lowest BCUT2D eigenvalue weighted by Crippen LogP contribution is -2.47. The van der Waals surface area contributed by atoms with Crippen molar-refractivity contribution in [1.82, 2.24) is 0 Å². The number of rotatable bonds is 8. The van der Waals surface area contributed by atoms with Gasteiger partial charge in [-0.15, -0.1) is 0 Å². The number of hydrogen-bond donors (Lipinski definition) is 0. The Morgan fingerprint density at radius 2 is 1.17 bits per heavy atom. The van der Waals surface area contributed by atoms with Gasteiger partial charge in [-0.3, -0.25) is 0 Å². The Bertz CT molecular complexity index is 852. The quantitative estimate of drug-likeness (QED) is 0.153. The zero-order valence-corrected chi connectivity index (χ0v) is 19.8. The van der Waals surface area contributed by atoms with E-state index in [1.54, 1.807) is 7.11 Å². The lowest BCUT2D eigenvalue weighted by molar-refractivity contribution is 0.371. The molecule has 0 atom stereocenters. The number of methoxy groups -OCH3 is 1. The summed E-state index contributed by atoms with van der Waals surface area (Å²) in [6, 6.07) is 20.2. The molecule has 0 bridgehead atoms. The average Bonchev–Trinajstić information content (AvgIpc) is 2.71. The van der Waals surface area contributed by atoms with Gasteiger partial charge in [0.1, 0.15) is 19.8 Å². The third-order valence-electron chi connectivity index (χ3n) is 6.18. The van der Waals surface area contributed by atoms with E-state index in [4.69, 9.17) is 4.74 Å². The normalized spacial score (nSPS) is 12.8. The Hall–Kier alpha value is -2.35. The van der Waals surface area contributed by atoms with Gasteiger partial charge >= 0.3 is 0 Å². The van der Waals surface area contributed by atoms with Crippen LogP contribution in [0, 0.1) is 0 Å². The molecule has 0 radical (unpaired) electrons. The van der Waals surface area contributed by atoms with Crippen molar-refractivity contribution >= 4 is 25.3 Å². The maximum absolute atomic E-state index is 12.7. The van der Waals surface area contributed by atoms with Crippen molar-refractivity contribution in [2.24, 2.45) is 0 Å². The zero-order valence-electron chi connectivity index (χ0n) is 18.8. The van der Waals surface area contributed by atoms with Gasteiger partial charge < -0.3 is 4.74 Å². The van der Waals surface area contributed by atoms with Gasteiger partial charge in [0.15, 0.2) is 0 Å².